The molecule has 28 heavy (non-hydrogen) atoms. The summed E-state index contributed by atoms with van der Waals surface area (Å²) in [6, 6.07) is 13.6. The van der Waals surface area contributed by atoms with Gasteiger partial charge in [0.25, 0.3) is 5.91 Å². The zero-order valence-corrected chi connectivity index (χ0v) is 16.3. The second kappa shape index (κ2) is 8.99. The lowest BCUT2D eigenvalue weighted by Crippen LogP contribution is -2.15. The molecule has 0 aliphatic carbocycles. The van der Waals surface area contributed by atoms with E-state index < -0.39 is 0 Å². The lowest BCUT2D eigenvalue weighted by Gasteiger charge is -2.13. The molecule has 0 saturated heterocycles. The molecule has 0 aliphatic heterocycles. The van der Waals surface area contributed by atoms with Gasteiger partial charge in [0.2, 0.25) is 5.95 Å². The van der Waals surface area contributed by atoms with Crippen LogP contribution in [0.15, 0.2) is 54.9 Å². The molecule has 6 heteroatoms. The first-order valence-electron chi connectivity index (χ1n) is 9.33. The van der Waals surface area contributed by atoms with Crippen molar-refractivity contribution in [3.8, 4) is 5.75 Å². The Kier molecular flexibility index (Phi) is 6.22. The van der Waals surface area contributed by atoms with Crippen LogP contribution in [0.1, 0.15) is 35.3 Å². The van der Waals surface area contributed by atoms with Crippen LogP contribution in [0.25, 0.3) is 0 Å². The molecule has 144 valence electrons. The van der Waals surface area contributed by atoms with Gasteiger partial charge in [0.05, 0.1) is 17.9 Å². The SMILES string of the molecule is CCOc1ccccc1Nc1ncc(C(=O)Nc2c(C)cccc2CC)cn1. The Morgan fingerprint density at radius 2 is 1.79 bits per heavy atom. The van der Waals surface area contributed by atoms with Crippen molar-refractivity contribution in [2.24, 2.45) is 0 Å². The summed E-state index contributed by atoms with van der Waals surface area (Å²) >= 11 is 0. The van der Waals surface area contributed by atoms with Crippen molar-refractivity contribution in [1.82, 2.24) is 9.97 Å². The Balaban J connectivity index is 1.74. The van der Waals surface area contributed by atoms with Gasteiger partial charge >= 0.3 is 0 Å². The number of aromatic nitrogens is 2. The third-order valence-corrected chi connectivity index (χ3v) is 4.33. The molecule has 2 aromatic carbocycles. The summed E-state index contributed by atoms with van der Waals surface area (Å²) in [6.07, 6.45) is 3.87. The number of ether oxygens (including phenoxy) is 1. The monoisotopic (exact) mass is 376 g/mol. The number of benzene rings is 2. The largest absolute Gasteiger partial charge is 0.492 e. The maximum atomic E-state index is 12.6. The van der Waals surface area contributed by atoms with Crippen molar-refractivity contribution in [3.63, 3.8) is 0 Å². The smallest absolute Gasteiger partial charge is 0.258 e. The van der Waals surface area contributed by atoms with Crippen LogP contribution in [-0.2, 0) is 6.42 Å². The predicted molar refractivity (Wildman–Crippen MR) is 111 cm³/mol. The first-order chi connectivity index (χ1) is 13.6. The molecular formula is C22H24N4O2. The van der Waals surface area contributed by atoms with Gasteiger partial charge in [0, 0.05) is 18.1 Å². The van der Waals surface area contributed by atoms with E-state index in [1.54, 1.807) is 0 Å². The summed E-state index contributed by atoms with van der Waals surface area (Å²) in [5, 5.41) is 6.10. The van der Waals surface area contributed by atoms with Crippen molar-refractivity contribution < 1.29 is 9.53 Å². The van der Waals surface area contributed by atoms with E-state index in [1.165, 1.54) is 12.4 Å². The second-order valence-corrected chi connectivity index (χ2v) is 6.27. The van der Waals surface area contributed by atoms with Crippen molar-refractivity contribution in [2.45, 2.75) is 27.2 Å². The van der Waals surface area contributed by atoms with Crippen LogP contribution in [0.3, 0.4) is 0 Å². The highest BCUT2D eigenvalue weighted by atomic mass is 16.5. The van der Waals surface area contributed by atoms with E-state index in [0.717, 1.165) is 34.7 Å². The van der Waals surface area contributed by atoms with Crippen LogP contribution >= 0.6 is 0 Å². The molecule has 0 aliphatic rings. The molecule has 2 N–H and O–H groups in total. The normalized spacial score (nSPS) is 10.4. The highest BCUT2D eigenvalue weighted by Gasteiger charge is 2.12. The van der Waals surface area contributed by atoms with E-state index in [4.69, 9.17) is 4.74 Å². The molecule has 3 aromatic rings. The van der Waals surface area contributed by atoms with Crippen molar-refractivity contribution in [2.75, 3.05) is 17.2 Å². The summed E-state index contributed by atoms with van der Waals surface area (Å²) in [6.45, 7) is 6.54. The number of nitrogens with zero attached hydrogens (tertiary/aromatic N) is 2. The van der Waals surface area contributed by atoms with Gasteiger partial charge in [0.1, 0.15) is 5.75 Å². The lowest BCUT2D eigenvalue weighted by atomic mass is 10.1. The van der Waals surface area contributed by atoms with Gasteiger partial charge in [0.15, 0.2) is 0 Å². The number of anilines is 3. The molecule has 0 bridgehead atoms. The lowest BCUT2D eigenvalue weighted by molar-refractivity contribution is 0.102. The fourth-order valence-corrected chi connectivity index (χ4v) is 2.87. The van der Waals surface area contributed by atoms with E-state index >= 15 is 0 Å². The van der Waals surface area contributed by atoms with Crippen LogP contribution < -0.4 is 15.4 Å². The molecule has 0 spiro atoms. The van der Waals surface area contributed by atoms with Crippen LogP contribution in [0.5, 0.6) is 5.75 Å². The number of nitrogens with one attached hydrogen (secondary N) is 2. The van der Waals surface area contributed by atoms with Gasteiger partial charge in [-0.1, -0.05) is 37.3 Å². The third-order valence-electron chi connectivity index (χ3n) is 4.33. The highest BCUT2D eigenvalue weighted by Crippen LogP contribution is 2.26. The van der Waals surface area contributed by atoms with E-state index in [0.29, 0.717) is 18.1 Å². The van der Waals surface area contributed by atoms with Gasteiger partial charge in [-0.25, -0.2) is 9.97 Å². The Hall–Kier alpha value is -3.41. The van der Waals surface area contributed by atoms with Gasteiger partial charge in [-0.15, -0.1) is 0 Å². The molecule has 6 nitrogen and oxygen atoms in total. The van der Waals surface area contributed by atoms with Crippen LogP contribution in [0.4, 0.5) is 17.3 Å². The number of hydrogen-bond acceptors (Lipinski definition) is 5. The molecule has 1 aromatic heterocycles. The average Bonchev–Trinajstić information content (AvgIpc) is 2.71. The number of amides is 1. The quantitative estimate of drug-likeness (QED) is 0.623. The Morgan fingerprint density at radius 1 is 1.04 bits per heavy atom. The summed E-state index contributed by atoms with van der Waals surface area (Å²) in [4.78, 5) is 21.1. The maximum Gasteiger partial charge on any atom is 0.258 e. The molecule has 0 radical (unpaired) electrons. The van der Waals surface area contributed by atoms with Crippen LogP contribution in [0.2, 0.25) is 0 Å². The number of carbonyl (C=O) groups excluding carboxylic acids is 1. The minimum absolute atomic E-state index is 0.231. The molecule has 0 atom stereocenters. The number of para-hydroxylation sites is 3. The molecular weight excluding hydrogens is 352 g/mol. The fraction of sp³-hybridized carbons (Fsp3) is 0.227. The molecule has 0 unspecified atom stereocenters. The van der Waals surface area contributed by atoms with Crippen LogP contribution in [0, 0.1) is 6.92 Å². The number of hydrogen-bond donors (Lipinski definition) is 2. The summed E-state index contributed by atoms with van der Waals surface area (Å²) in [7, 11) is 0. The van der Waals surface area contributed by atoms with E-state index in [-0.39, 0.29) is 5.91 Å². The van der Waals surface area contributed by atoms with Gasteiger partial charge in [-0.2, -0.15) is 0 Å². The third kappa shape index (κ3) is 4.46. The summed E-state index contributed by atoms with van der Waals surface area (Å²) in [5.41, 5.74) is 4.14. The van der Waals surface area contributed by atoms with Crippen molar-refractivity contribution in [3.05, 3.63) is 71.5 Å². The highest BCUT2D eigenvalue weighted by molar-refractivity contribution is 6.04. The first kappa shape index (κ1) is 19.4. The number of rotatable bonds is 7. The van der Waals surface area contributed by atoms with Crippen molar-refractivity contribution >= 4 is 23.2 Å². The zero-order valence-electron chi connectivity index (χ0n) is 16.3. The average molecular weight is 376 g/mol. The molecule has 0 saturated carbocycles. The predicted octanol–water partition coefficient (Wildman–Crippen LogP) is 4.74. The fourth-order valence-electron chi connectivity index (χ4n) is 2.87. The summed E-state index contributed by atoms with van der Waals surface area (Å²) < 4.78 is 5.59. The summed E-state index contributed by atoms with van der Waals surface area (Å²) in [5.74, 6) is 0.890. The number of aryl methyl sites for hydroxylation is 2. The van der Waals surface area contributed by atoms with E-state index in [1.807, 2.05) is 56.3 Å². The minimum Gasteiger partial charge on any atom is -0.492 e. The molecule has 1 amide bonds. The topological polar surface area (TPSA) is 76.1 Å². The van der Waals surface area contributed by atoms with Gasteiger partial charge < -0.3 is 15.4 Å². The minimum atomic E-state index is -0.231. The van der Waals surface area contributed by atoms with Gasteiger partial charge in [-0.05, 0) is 43.5 Å². The molecule has 0 fully saturated rings. The van der Waals surface area contributed by atoms with Crippen LogP contribution in [-0.4, -0.2) is 22.5 Å². The zero-order chi connectivity index (χ0) is 19.9. The second-order valence-electron chi connectivity index (χ2n) is 6.27. The maximum absolute atomic E-state index is 12.6. The Bertz CT molecular complexity index is 955. The Morgan fingerprint density at radius 3 is 2.50 bits per heavy atom. The first-order valence-corrected chi connectivity index (χ1v) is 9.33. The Labute approximate surface area is 165 Å². The van der Waals surface area contributed by atoms with Gasteiger partial charge in [-0.3, -0.25) is 4.79 Å². The van der Waals surface area contributed by atoms with E-state index in [9.17, 15) is 4.79 Å². The van der Waals surface area contributed by atoms with E-state index in [2.05, 4.69) is 27.5 Å². The number of carbonyl (C=O) groups is 1. The standard InChI is InChI=1S/C22H24N4O2/c1-4-16-10-8-9-15(3)20(16)26-21(27)17-13-23-22(24-14-17)25-18-11-6-7-12-19(18)28-5-2/h6-14H,4-5H2,1-3H3,(H,26,27)(H,23,24,25). The van der Waals surface area contributed by atoms with Crippen molar-refractivity contribution in [1.29, 1.82) is 0 Å². The molecule has 3 rings (SSSR count). The molecule has 1 heterocycles.